The molecule has 4 heteroatoms. The molecule has 0 spiro atoms. The van der Waals surface area contributed by atoms with Gasteiger partial charge >= 0.3 is 5.97 Å². The summed E-state index contributed by atoms with van der Waals surface area (Å²) in [6, 6.07) is 0. The lowest BCUT2D eigenvalue weighted by Gasteiger charge is -2.31. The van der Waals surface area contributed by atoms with Gasteiger partial charge in [-0.1, -0.05) is 19.8 Å². The molecular weight excluding hydrogens is 230 g/mol. The second-order valence-electron chi connectivity index (χ2n) is 4.89. The summed E-state index contributed by atoms with van der Waals surface area (Å²) in [5.74, 6) is -0.0742. The highest BCUT2D eigenvalue weighted by Gasteiger charge is 2.28. The van der Waals surface area contributed by atoms with E-state index in [1.54, 1.807) is 0 Å². The number of nitrogens with zero attached hydrogens (tertiary/aromatic N) is 1. The highest BCUT2D eigenvalue weighted by molar-refractivity contribution is 5.78. The van der Waals surface area contributed by atoms with Crippen LogP contribution in [0.25, 0.3) is 0 Å². The number of ether oxygens (including phenoxy) is 1. The fourth-order valence-electron chi connectivity index (χ4n) is 2.34. The van der Waals surface area contributed by atoms with Gasteiger partial charge in [0.2, 0.25) is 5.91 Å². The third-order valence-corrected chi connectivity index (χ3v) is 3.39. The van der Waals surface area contributed by atoms with Gasteiger partial charge in [-0.25, -0.2) is 0 Å². The van der Waals surface area contributed by atoms with Gasteiger partial charge in [0, 0.05) is 19.5 Å². The predicted molar refractivity (Wildman–Crippen MR) is 70.1 cm³/mol. The van der Waals surface area contributed by atoms with Crippen molar-refractivity contribution in [3.63, 3.8) is 0 Å². The molecule has 1 saturated heterocycles. The van der Waals surface area contributed by atoms with Gasteiger partial charge in [0.15, 0.2) is 0 Å². The molecule has 1 heterocycles. The largest absolute Gasteiger partial charge is 0.466 e. The molecule has 18 heavy (non-hydrogen) atoms. The van der Waals surface area contributed by atoms with Crippen molar-refractivity contribution in [2.45, 2.75) is 52.4 Å². The van der Waals surface area contributed by atoms with E-state index in [0.29, 0.717) is 19.6 Å². The van der Waals surface area contributed by atoms with Crippen LogP contribution in [0.3, 0.4) is 0 Å². The average Bonchev–Trinajstić information content (AvgIpc) is 2.39. The number of rotatable bonds is 6. The summed E-state index contributed by atoms with van der Waals surface area (Å²) < 4.78 is 5.03. The summed E-state index contributed by atoms with van der Waals surface area (Å²) in [7, 11) is 0. The zero-order valence-corrected chi connectivity index (χ0v) is 11.6. The molecule has 0 radical (unpaired) electrons. The second-order valence-corrected chi connectivity index (χ2v) is 4.89. The molecule has 0 aromatic rings. The van der Waals surface area contributed by atoms with Crippen molar-refractivity contribution >= 4 is 11.9 Å². The first kappa shape index (κ1) is 15.0. The first-order valence-electron chi connectivity index (χ1n) is 7.13. The Morgan fingerprint density at radius 2 is 2.06 bits per heavy atom. The normalized spacial score (nSPS) is 19.7. The van der Waals surface area contributed by atoms with Gasteiger partial charge in [-0.2, -0.15) is 0 Å². The van der Waals surface area contributed by atoms with Crippen LogP contribution in [0.15, 0.2) is 0 Å². The Balaban J connectivity index is 2.38. The van der Waals surface area contributed by atoms with Gasteiger partial charge in [0.1, 0.15) is 0 Å². The van der Waals surface area contributed by atoms with Crippen molar-refractivity contribution in [2.75, 3.05) is 19.7 Å². The zero-order valence-electron chi connectivity index (χ0n) is 11.6. The molecule has 0 bridgehead atoms. The van der Waals surface area contributed by atoms with Crippen LogP contribution in [0.1, 0.15) is 52.4 Å². The minimum absolute atomic E-state index is 0.117. The van der Waals surface area contributed by atoms with E-state index in [1.807, 2.05) is 11.8 Å². The van der Waals surface area contributed by atoms with Crippen LogP contribution in [0.2, 0.25) is 0 Å². The van der Waals surface area contributed by atoms with E-state index in [1.165, 1.54) is 0 Å². The van der Waals surface area contributed by atoms with Crippen LogP contribution in [0.5, 0.6) is 0 Å². The molecule has 1 rings (SSSR count). The molecule has 0 aliphatic carbocycles. The minimum Gasteiger partial charge on any atom is -0.466 e. The Bertz CT molecular complexity index is 278. The fourth-order valence-corrected chi connectivity index (χ4v) is 2.34. The standard InChI is InChI=1S/C14H25NO3/c1-3-5-6-9-13(16)15-10-7-8-12(11-15)14(17)18-4-2/h12H,3-11H2,1-2H3. The Morgan fingerprint density at radius 3 is 2.72 bits per heavy atom. The number of piperidine rings is 1. The maximum Gasteiger partial charge on any atom is 0.310 e. The van der Waals surface area contributed by atoms with Gasteiger partial charge in [0.25, 0.3) is 0 Å². The average molecular weight is 255 g/mol. The molecule has 1 amide bonds. The molecule has 1 aliphatic heterocycles. The number of carbonyl (C=O) groups excluding carboxylic acids is 2. The summed E-state index contributed by atoms with van der Waals surface area (Å²) >= 11 is 0. The van der Waals surface area contributed by atoms with E-state index < -0.39 is 0 Å². The smallest absolute Gasteiger partial charge is 0.310 e. The maximum absolute atomic E-state index is 12.0. The highest BCUT2D eigenvalue weighted by Crippen LogP contribution is 2.19. The number of carbonyl (C=O) groups is 2. The topological polar surface area (TPSA) is 46.6 Å². The summed E-state index contributed by atoms with van der Waals surface area (Å²) in [4.78, 5) is 25.5. The molecule has 1 unspecified atom stereocenters. The van der Waals surface area contributed by atoms with Crippen molar-refractivity contribution in [3.05, 3.63) is 0 Å². The molecule has 0 saturated carbocycles. The predicted octanol–water partition coefficient (Wildman–Crippen LogP) is 2.37. The van der Waals surface area contributed by atoms with Crippen molar-refractivity contribution < 1.29 is 14.3 Å². The summed E-state index contributed by atoms with van der Waals surface area (Å²) in [5.41, 5.74) is 0. The third-order valence-electron chi connectivity index (χ3n) is 3.39. The number of hydrogen-bond donors (Lipinski definition) is 0. The third kappa shape index (κ3) is 4.67. The van der Waals surface area contributed by atoms with Crippen molar-refractivity contribution in [1.82, 2.24) is 4.90 Å². The van der Waals surface area contributed by atoms with E-state index in [-0.39, 0.29) is 17.8 Å². The lowest BCUT2D eigenvalue weighted by molar-refractivity contribution is -0.151. The molecule has 1 atom stereocenters. The van der Waals surface area contributed by atoms with E-state index in [4.69, 9.17) is 4.74 Å². The number of amides is 1. The quantitative estimate of drug-likeness (QED) is 0.540. The first-order valence-corrected chi connectivity index (χ1v) is 7.13. The van der Waals surface area contributed by atoms with Crippen LogP contribution in [0.4, 0.5) is 0 Å². The van der Waals surface area contributed by atoms with E-state index in [0.717, 1.165) is 38.6 Å². The Kier molecular flexibility index (Phi) is 6.76. The van der Waals surface area contributed by atoms with Crippen molar-refractivity contribution in [2.24, 2.45) is 5.92 Å². The molecule has 0 N–H and O–H groups in total. The highest BCUT2D eigenvalue weighted by atomic mass is 16.5. The van der Waals surface area contributed by atoms with Crippen molar-refractivity contribution in [3.8, 4) is 0 Å². The molecule has 1 aliphatic rings. The van der Waals surface area contributed by atoms with E-state index in [2.05, 4.69) is 6.92 Å². The van der Waals surface area contributed by atoms with Gasteiger partial charge in [-0.15, -0.1) is 0 Å². The van der Waals surface area contributed by atoms with E-state index >= 15 is 0 Å². The SMILES string of the molecule is CCCCCC(=O)N1CCCC(C(=O)OCC)C1. The molecular formula is C14H25NO3. The summed E-state index contributed by atoms with van der Waals surface area (Å²) in [5, 5.41) is 0. The van der Waals surface area contributed by atoms with Gasteiger partial charge in [-0.3, -0.25) is 9.59 Å². The molecule has 4 nitrogen and oxygen atoms in total. The maximum atomic E-state index is 12.0. The number of esters is 1. The Labute approximate surface area is 110 Å². The van der Waals surface area contributed by atoms with Gasteiger partial charge in [0.05, 0.1) is 12.5 Å². The van der Waals surface area contributed by atoms with Gasteiger partial charge < -0.3 is 9.64 Å². The summed E-state index contributed by atoms with van der Waals surface area (Å²) in [6.07, 6.45) is 5.54. The monoisotopic (exact) mass is 255 g/mol. The van der Waals surface area contributed by atoms with Crippen molar-refractivity contribution in [1.29, 1.82) is 0 Å². The van der Waals surface area contributed by atoms with Crippen LogP contribution in [-0.2, 0) is 14.3 Å². The van der Waals surface area contributed by atoms with E-state index in [9.17, 15) is 9.59 Å². The first-order chi connectivity index (χ1) is 8.69. The minimum atomic E-state index is -0.149. The second kappa shape index (κ2) is 8.11. The number of unbranched alkanes of at least 4 members (excludes halogenated alkanes) is 2. The molecule has 1 fully saturated rings. The Morgan fingerprint density at radius 1 is 1.28 bits per heavy atom. The number of hydrogen-bond acceptors (Lipinski definition) is 3. The lowest BCUT2D eigenvalue weighted by Crippen LogP contribution is -2.42. The molecule has 0 aromatic heterocycles. The zero-order chi connectivity index (χ0) is 13.4. The van der Waals surface area contributed by atoms with Crippen LogP contribution >= 0.6 is 0 Å². The number of likely N-dealkylation sites (tertiary alicyclic amines) is 1. The summed E-state index contributed by atoms with van der Waals surface area (Å²) in [6.45, 7) is 5.70. The van der Waals surface area contributed by atoms with Crippen LogP contribution in [0, 0.1) is 5.92 Å². The molecule has 0 aromatic carbocycles. The lowest BCUT2D eigenvalue weighted by atomic mass is 9.97. The fraction of sp³-hybridized carbons (Fsp3) is 0.857. The van der Waals surface area contributed by atoms with Gasteiger partial charge in [-0.05, 0) is 26.2 Å². The molecule has 104 valence electrons. The Hall–Kier alpha value is -1.06. The van der Waals surface area contributed by atoms with Crippen LogP contribution < -0.4 is 0 Å². The van der Waals surface area contributed by atoms with Crippen LogP contribution in [-0.4, -0.2) is 36.5 Å².